The number of aliphatic hydroxyl groups is 1. The van der Waals surface area contributed by atoms with Gasteiger partial charge in [0.25, 0.3) is 11.7 Å². The minimum Gasteiger partial charge on any atom is -0.507 e. The molecule has 2 amide bonds. The van der Waals surface area contributed by atoms with Gasteiger partial charge < -0.3 is 19.6 Å². The number of anilines is 2. The minimum atomic E-state index is -0.950. The van der Waals surface area contributed by atoms with Crippen molar-refractivity contribution in [2.75, 3.05) is 16.8 Å². The monoisotopic (exact) mass is 458 g/mol. The average Bonchev–Trinajstić information content (AvgIpc) is 3.45. The number of ketones is 1. The van der Waals surface area contributed by atoms with Crippen LogP contribution in [0.3, 0.4) is 0 Å². The fraction of sp³-hybridized carbons (Fsp3) is 0.192. The van der Waals surface area contributed by atoms with E-state index < -0.39 is 17.7 Å². The third kappa shape index (κ3) is 3.73. The molecule has 2 aliphatic heterocycles. The third-order valence-corrected chi connectivity index (χ3v) is 5.90. The summed E-state index contributed by atoms with van der Waals surface area (Å²) >= 11 is 0. The summed E-state index contributed by atoms with van der Waals surface area (Å²) in [5.41, 5.74) is 2.30. The fourth-order valence-corrected chi connectivity index (χ4v) is 4.39. The summed E-state index contributed by atoms with van der Waals surface area (Å²) in [6.45, 7) is 2.04. The Labute approximate surface area is 195 Å². The van der Waals surface area contributed by atoms with Crippen LogP contribution in [-0.4, -0.2) is 29.3 Å². The Hall–Kier alpha value is -4.33. The zero-order chi connectivity index (χ0) is 23.8. The molecule has 1 fully saturated rings. The van der Waals surface area contributed by atoms with Gasteiger partial charge >= 0.3 is 0 Å². The Morgan fingerprint density at radius 1 is 1.12 bits per heavy atom. The molecule has 8 nitrogen and oxygen atoms in total. The summed E-state index contributed by atoms with van der Waals surface area (Å²) < 4.78 is 11.2. The van der Waals surface area contributed by atoms with Crippen LogP contribution in [0.4, 0.5) is 11.4 Å². The number of hydrogen-bond acceptors (Lipinski definition) is 6. The highest BCUT2D eigenvalue weighted by molar-refractivity contribution is 6.51. The molecule has 1 saturated heterocycles. The van der Waals surface area contributed by atoms with Crippen LogP contribution in [-0.2, 0) is 20.8 Å². The Bertz CT molecular complexity index is 1310. The van der Waals surface area contributed by atoms with Crippen LogP contribution < -0.4 is 15.0 Å². The number of hydrogen-bond donors (Lipinski definition) is 2. The van der Waals surface area contributed by atoms with Crippen molar-refractivity contribution in [2.24, 2.45) is 0 Å². The number of ether oxygens (including phenoxy) is 1. The van der Waals surface area contributed by atoms with E-state index >= 15 is 0 Å². The lowest BCUT2D eigenvalue weighted by Gasteiger charge is -2.24. The van der Waals surface area contributed by atoms with Crippen molar-refractivity contribution < 1.29 is 28.6 Å². The Morgan fingerprint density at radius 3 is 2.62 bits per heavy atom. The molecule has 0 bridgehead atoms. The fourth-order valence-electron chi connectivity index (χ4n) is 4.39. The molecule has 34 heavy (non-hydrogen) atoms. The van der Waals surface area contributed by atoms with Gasteiger partial charge in [-0.15, -0.1) is 0 Å². The number of aliphatic hydroxyl groups excluding tert-OH is 1. The van der Waals surface area contributed by atoms with Crippen molar-refractivity contribution in [1.29, 1.82) is 0 Å². The molecule has 1 unspecified atom stereocenters. The van der Waals surface area contributed by atoms with E-state index in [1.165, 1.54) is 18.1 Å². The van der Waals surface area contributed by atoms with E-state index in [2.05, 4.69) is 5.32 Å². The van der Waals surface area contributed by atoms with E-state index in [0.717, 1.165) is 24.2 Å². The molecule has 0 aliphatic carbocycles. The van der Waals surface area contributed by atoms with Crippen LogP contribution in [0.1, 0.15) is 36.3 Å². The van der Waals surface area contributed by atoms with Crippen LogP contribution in [0.15, 0.2) is 70.9 Å². The van der Waals surface area contributed by atoms with Crippen molar-refractivity contribution in [3.63, 3.8) is 0 Å². The van der Waals surface area contributed by atoms with E-state index in [9.17, 15) is 19.5 Å². The number of furan rings is 1. The smallest absolute Gasteiger partial charge is 0.300 e. The first kappa shape index (κ1) is 21.5. The molecule has 1 aromatic heterocycles. The summed E-state index contributed by atoms with van der Waals surface area (Å²) in [6, 6.07) is 14.1. The summed E-state index contributed by atoms with van der Waals surface area (Å²) in [5, 5.41) is 13.9. The number of fused-ring (bicyclic) bond motifs is 1. The highest BCUT2D eigenvalue weighted by atomic mass is 16.5. The van der Waals surface area contributed by atoms with Gasteiger partial charge in [0.2, 0.25) is 5.91 Å². The zero-order valence-electron chi connectivity index (χ0n) is 18.4. The maximum atomic E-state index is 13.2. The molecule has 2 aliphatic rings. The molecule has 5 rings (SSSR count). The lowest BCUT2D eigenvalue weighted by Crippen LogP contribution is -2.29. The number of nitrogens with one attached hydrogen (secondary N) is 1. The largest absolute Gasteiger partial charge is 0.507 e. The van der Waals surface area contributed by atoms with Gasteiger partial charge in [-0.25, -0.2) is 0 Å². The minimum absolute atomic E-state index is 0.0532. The van der Waals surface area contributed by atoms with Gasteiger partial charge in [-0.2, -0.15) is 0 Å². The highest BCUT2D eigenvalue weighted by Gasteiger charge is 2.48. The molecule has 172 valence electrons. The predicted octanol–water partition coefficient (Wildman–Crippen LogP) is 4.19. The zero-order valence-corrected chi connectivity index (χ0v) is 18.4. The van der Waals surface area contributed by atoms with Gasteiger partial charge in [-0.1, -0.05) is 0 Å². The molecule has 1 atom stereocenters. The normalized spacial score (nSPS) is 19.0. The van der Waals surface area contributed by atoms with Crippen LogP contribution >= 0.6 is 0 Å². The van der Waals surface area contributed by atoms with E-state index in [-0.39, 0.29) is 17.2 Å². The van der Waals surface area contributed by atoms with Crippen molar-refractivity contribution in [1.82, 2.24) is 0 Å². The first-order valence-electron chi connectivity index (χ1n) is 10.9. The third-order valence-electron chi connectivity index (χ3n) is 5.90. The summed E-state index contributed by atoms with van der Waals surface area (Å²) in [4.78, 5) is 39.0. The van der Waals surface area contributed by atoms with Gasteiger partial charge in [-0.3, -0.25) is 19.3 Å². The number of benzene rings is 2. The number of nitrogens with zero attached hydrogens (tertiary/aromatic N) is 1. The Kier molecular flexibility index (Phi) is 5.41. The molecule has 0 radical (unpaired) electrons. The number of Topliss-reactive ketones (excluding diaryl/α,β-unsaturated/α-hetero) is 1. The number of aryl methyl sites for hydroxylation is 1. The lowest BCUT2D eigenvalue weighted by atomic mass is 9.96. The molecule has 2 N–H and O–H groups in total. The molecule has 2 aromatic carbocycles. The molecular weight excluding hydrogens is 436 g/mol. The number of carbonyl (C=O) groups excluding carboxylic acids is 3. The second-order valence-corrected chi connectivity index (χ2v) is 8.19. The van der Waals surface area contributed by atoms with Gasteiger partial charge in [-0.05, 0) is 73.0 Å². The molecule has 0 saturated carbocycles. The quantitative estimate of drug-likeness (QED) is 0.345. The number of carbonyl (C=O) groups is 3. The summed E-state index contributed by atoms with van der Waals surface area (Å²) in [7, 11) is 0. The SMILES string of the molecule is CC(=O)Nc1ccc(N2C(=O)C(=O)/C(=C(\O)c3ccc4c(c3)CCCO4)C2c2ccco2)cc1. The molecule has 3 heterocycles. The maximum absolute atomic E-state index is 13.2. The van der Waals surface area contributed by atoms with Crippen molar-refractivity contribution in [3.05, 3.63) is 83.3 Å². The lowest BCUT2D eigenvalue weighted by molar-refractivity contribution is -0.132. The van der Waals surface area contributed by atoms with E-state index in [1.54, 1.807) is 54.6 Å². The summed E-state index contributed by atoms with van der Waals surface area (Å²) in [5.74, 6) is -0.988. The summed E-state index contributed by atoms with van der Waals surface area (Å²) in [6.07, 6.45) is 3.11. The van der Waals surface area contributed by atoms with Gasteiger partial charge in [0, 0.05) is 23.9 Å². The van der Waals surface area contributed by atoms with Crippen molar-refractivity contribution in [2.45, 2.75) is 25.8 Å². The van der Waals surface area contributed by atoms with Crippen molar-refractivity contribution in [3.8, 4) is 5.75 Å². The van der Waals surface area contributed by atoms with E-state index in [1.807, 2.05) is 0 Å². The predicted molar refractivity (Wildman–Crippen MR) is 124 cm³/mol. The molecule has 3 aromatic rings. The van der Waals surface area contributed by atoms with Crippen molar-refractivity contribution >= 4 is 34.7 Å². The highest BCUT2D eigenvalue weighted by Crippen LogP contribution is 2.43. The van der Waals surface area contributed by atoms with Gasteiger partial charge in [0.1, 0.15) is 23.3 Å². The molecule has 0 spiro atoms. The standard InChI is InChI=1S/C26H22N2O6/c1-15(29)27-18-7-9-19(10-8-18)28-23(21-5-3-13-34-21)22(25(31)26(28)32)24(30)17-6-11-20-16(14-17)4-2-12-33-20/h3,5-11,13-14,23,30H,2,4,12H2,1H3,(H,27,29)/b24-22-. The maximum Gasteiger partial charge on any atom is 0.300 e. The first-order valence-corrected chi connectivity index (χ1v) is 10.9. The second kappa shape index (κ2) is 8.55. The molecule has 8 heteroatoms. The Balaban J connectivity index is 1.61. The van der Waals surface area contributed by atoms with Gasteiger partial charge in [0.15, 0.2) is 0 Å². The topological polar surface area (TPSA) is 109 Å². The van der Waals surface area contributed by atoms with Gasteiger partial charge in [0.05, 0.1) is 18.4 Å². The van der Waals surface area contributed by atoms with Crippen LogP contribution in [0.2, 0.25) is 0 Å². The van der Waals surface area contributed by atoms with Crippen LogP contribution in [0.25, 0.3) is 5.76 Å². The Morgan fingerprint density at radius 2 is 1.91 bits per heavy atom. The van der Waals surface area contributed by atoms with E-state index in [0.29, 0.717) is 29.3 Å². The molecular formula is C26H22N2O6. The second-order valence-electron chi connectivity index (χ2n) is 8.19. The van der Waals surface area contributed by atoms with E-state index in [4.69, 9.17) is 9.15 Å². The number of amides is 2. The van der Waals surface area contributed by atoms with Crippen LogP contribution in [0, 0.1) is 0 Å². The average molecular weight is 458 g/mol. The first-order chi connectivity index (χ1) is 16.4. The van der Waals surface area contributed by atoms with Crippen LogP contribution in [0.5, 0.6) is 5.75 Å². The number of rotatable bonds is 4.